The molecule has 1 aliphatic rings. The van der Waals surface area contributed by atoms with Gasteiger partial charge in [-0.1, -0.05) is 19.3 Å². The smallest absolute Gasteiger partial charge is 0.224 e. The SMILES string of the molecule is O=C(CC1CCCCC1)Nc1cncc(-c2cnc3n[nH]c(-c4nc5c(-c6ccsc6)nccc5[nH]4)c3c2)c1. The number of rotatable bonds is 6. The summed E-state index contributed by atoms with van der Waals surface area (Å²) >= 11 is 1.63. The van der Waals surface area contributed by atoms with Crippen LogP contribution in [0, 0.1) is 5.92 Å². The van der Waals surface area contributed by atoms with E-state index in [0.717, 1.165) is 57.3 Å². The van der Waals surface area contributed by atoms with Crippen LogP contribution < -0.4 is 5.32 Å². The highest BCUT2D eigenvalue weighted by Gasteiger charge is 2.19. The minimum atomic E-state index is 0.0488. The number of aromatic nitrogens is 7. The van der Waals surface area contributed by atoms with Gasteiger partial charge in [-0.15, -0.1) is 0 Å². The van der Waals surface area contributed by atoms with Gasteiger partial charge in [0.2, 0.25) is 5.91 Å². The van der Waals surface area contributed by atoms with E-state index in [-0.39, 0.29) is 5.91 Å². The van der Waals surface area contributed by atoms with E-state index in [0.29, 0.717) is 29.5 Å². The number of carbonyl (C=O) groups excluding carboxylic acids is 1. The highest BCUT2D eigenvalue weighted by molar-refractivity contribution is 7.08. The lowest BCUT2D eigenvalue weighted by Crippen LogP contribution is -2.18. The molecule has 7 rings (SSSR count). The number of pyridine rings is 3. The summed E-state index contributed by atoms with van der Waals surface area (Å²) in [5.41, 5.74) is 7.34. The fourth-order valence-corrected chi connectivity index (χ4v) is 6.07. The van der Waals surface area contributed by atoms with E-state index in [1.807, 2.05) is 29.6 Å². The number of carbonyl (C=O) groups is 1. The van der Waals surface area contributed by atoms with Gasteiger partial charge in [-0.3, -0.25) is 19.9 Å². The summed E-state index contributed by atoms with van der Waals surface area (Å²) in [6.07, 6.45) is 13.6. The Morgan fingerprint density at radius 2 is 1.92 bits per heavy atom. The van der Waals surface area contributed by atoms with Crippen molar-refractivity contribution in [2.24, 2.45) is 5.92 Å². The number of fused-ring (bicyclic) bond motifs is 2. The Bertz CT molecular complexity index is 1780. The number of H-pyrrole nitrogens is 2. The van der Waals surface area contributed by atoms with Gasteiger partial charge in [-0.2, -0.15) is 16.4 Å². The molecule has 0 spiro atoms. The lowest BCUT2D eigenvalue weighted by molar-refractivity contribution is -0.117. The highest BCUT2D eigenvalue weighted by atomic mass is 32.1. The van der Waals surface area contributed by atoms with Gasteiger partial charge in [-0.05, 0) is 48.4 Å². The molecule has 3 N–H and O–H groups in total. The molecule has 6 aromatic heterocycles. The molecule has 0 radical (unpaired) electrons. The number of thiophene rings is 1. The first-order chi connectivity index (χ1) is 19.2. The topological polar surface area (TPSA) is 125 Å². The number of anilines is 1. The molecule has 0 aliphatic heterocycles. The largest absolute Gasteiger partial charge is 0.337 e. The zero-order chi connectivity index (χ0) is 26.2. The average Bonchev–Trinajstić information content (AvgIpc) is 3.73. The van der Waals surface area contributed by atoms with Crippen LogP contribution in [0.2, 0.25) is 0 Å². The Balaban J connectivity index is 1.19. The van der Waals surface area contributed by atoms with E-state index in [1.165, 1.54) is 19.3 Å². The molecule has 1 amide bonds. The molecule has 1 saturated carbocycles. The molecule has 1 aliphatic carbocycles. The lowest BCUT2D eigenvalue weighted by atomic mass is 9.87. The molecule has 194 valence electrons. The monoisotopic (exact) mass is 534 g/mol. The van der Waals surface area contributed by atoms with Gasteiger partial charge in [0.15, 0.2) is 11.5 Å². The van der Waals surface area contributed by atoms with E-state index >= 15 is 0 Å². The van der Waals surface area contributed by atoms with Crippen molar-refractivity contribution >= 4 is 45.0 Å². The van der Waals surface area contributed by atoms with E-state index in [2.05, 4.69) is 40.8 Å². The predicted octanol–water partition coefficient (Wildman–Crippen LogP) is 6.60. The summed E-state index contributed by atoms with van der Waals surface area (Å²) in [5, 5.41) is 15.5. The van der Waals surface area contributed by atoms with Crippen LogP contribution in [-0.2, 0) is 4.79 Å². The fourth-order valence-electron chi connectivity index (χ4n) is 5.43. The maximum Gasteiger partial charge on any atom is 0.224 e. The highest BCUT2D eigenvalue weighted by Crippen LogP contribution is 2.32. The number of aromatic amines is 2. The van der Waals surface area contributed by atoms with Gasteiger partial charge in [0, 0.05) is 47.1 Å². The number of imidazole rings is 1. The maximum atomic E-state index is 12.7. The number of nitrogens with zero attached hydrogens (tertiary/aromatic N) is 5. The van der Waals surface area contributed by atoms with Crippen molar-refractivity contribution in [1.82, 2.24) is 35.1 Å². The van der Waals surface area contributed by atoms with Crippen LogP contribution >= 0.6 is 11.3 Å². The third kappa shape index (κ3) is 4.67. The van der Waals surface area contributed by atoms with Crippen molar-refractivity contribution in [3.05, 3.63) is 59.8 Å². The van der Waals surface area contributed by atoms with Crippen molar-refractivity contribution in [2.45, 2.75) is 38.5 Å². The van der Waals surface area contributed by atoms with E-state index in [9.17, 15) is 4.79 Å². The first-order valence-electron chi connectivity index (χ1n) is 13.2. The standard InChI is InChI=1S/C29H26N8OS/c38-24(10-17-4-2-1-3-5-17)33-21-11-19(13-30-15-21)20-12-22-26(36-37-28(22)32-14-20)29-34-23-6-8-31-25(27(23)35-29)18-7-9-39-16-18/h6-9,11-17H,1-5,10H2,(H,33,38)(H,34,35)(H,32,36,37). The summed E-state index contributed by atoms with van der Waals surface area (Å²) in [6, 6.07) is 7.93. The molecule has 1 fully saturated rings. The van der Waals surface area contributed by atoms with Gasteiger partial charge in [0.25, 0.3) is 0 Å². The van der Waals surface area contributed by atoms with Crippen LogP contribution in [-0.4, -0.2) is 41.0 Å². The number of amides is 1. The number of nitrogens with one attached hydrogen (secondary N) is 3. The van der Waals surface area contributed by atoms with Gasteiger partial charge in [-0.25, -0.2) is 9.97 Å². The summed E-state index contributed by atoms with van der Waals surface area (Å²) in [6.45, 7) is 0. The van der Waals surface area contributed by atoms with Crippen LogP contribution in [0.1, 0.15) is 38.5 Å². The molecular weight excluding hydrogens is 508 g/mol. The van der Waals surface area contributed by atoms with Crippen LogP contribution in [0.5, 0.6) is 0 Å². The molecular formula is C29H26N8OS. The second-order valence-corrected chi connectivity index (χ2v) is 10.8. The van der Waals surface area contributed by atoms with Crippen LogP contribution in [0.15, 0.2) is 59.8 Å². The van der Waals surface area contributed by atoms with E-state index < -0.39 is 0 Å². The molecule has 9 nitrogen and oxygen atoms in total. The second kappa shape index (κ2) is 10.0. The third-order valence-electron chi connectivity index (χ3n) is 7.40. The third-order valence-corrected chi connectivity index (χ3v) is 8.08. The Morgan fingerprint density at radius 3 is 2.79 bits per heavy atom. The summed E-state index contributed by atoms with van der Waals surface area (Å²) in [7, 11) is 0. The molecule has 0 aromatic carbocycles. The molecule has 39 heavy (non-hydrogen) atoms. The van der Waals surface area contributed by atoms with Crippen molar-refractivity contribution in [1.29, 1.82) is 0 Å². The van der Waals surface area contributed by atoms with Crippen LogP contribution in [0.4, 0.5) is 5.69 Å². The first kappa shape index (κ1) is 23.7. The first-order valence-corrected chi connectivity index (χ1v) is 14.1. The Kier molecular flexibility index (Phi) is 6.08. The minimum absolute atomic E-state index is 0.0488. The summed E-state index contributed by atoms with van der Waals surface area (Å²) in [5.74, 6) is 1.20. The lowest BCUT2D eigenvalue weighted by Gasteiger charge is -2.20. The number of hydrogen-bond donors (Lipinski definition) is 3. The summed E-state index contributed by atoms with van der Waals surface area (Å²) in [4.78, 5) is 34.5. The van der Waals surface area contributed by atoms with Gasteiger partial charge in [0.05, 0.1) is 28.5 Å². The fraction of sp³-hybridized carbons (Fsp3) is 0.241. The quantitative estimate of drug-likeness (QED) is 0.221. The van der Waals surface area contributed by atoms with Gasteiger partial charge in [0.1, 0.15) is 11.2 Å². The molecule has 6 aromatic rings. The zero-order valence-electron chi connectivity index (χ0n) is 21.1. The Morgan fingerprint density at radius 1 is 1.03 bits per heavy atom. The molecule has 0 bridgehead atoms. The van der Waals surface area contributed by atoms with Crippen molar-refractivity contribution in [3.63, 3.8) is 0 Å². The summed E-state index contributed by atoms with van der Waals surface area (Å²) < 4.78 is 0. The van der Waals surface area contributed by atoms with Gasteiger partial charge < -0.3 is 10.3 Å². The van der Waals surface area contributed by atoms with E-state index in [1.54, 1.807) is 36.1 Å². The molecule has 0 unspecified atom stereocenters. The minimum Gasteiger partial charge on any atom is -0.337 e. The van der Waals surface area contributed by atoms with Crippen molar-refractivity contribution in [3.8, 4) is 33.9 Å². The average molecular weight is 535 g/mol. The van der Waals surface area contributed by atoms with Crippen LogP contribution in [0.25, 0.3) is 56.0 Å². The molecule has 0 atom stereocenters. The molecule has 0 saturated heterocycles. The maximum absolute atomic E-state index is 12.7. The number of hydrogen-bond acceptors (Lipinski definition) is 7. The van der Waals surface area contributed by atoms with Crippen molar-refractivity contribution in [2.75, 3.05) is 5.32 Å². The Hall–Kier alpha value is -4.44. The van der Waals surface area contributed by atoms with Crippen LogP contribution in [0.3, 0.4) is 0 Å². The Labute approximate surface area is 228 Å². The zero-order valence-corrected chi connectivity index (χ0v) is 22.0. The molecule has 10 heteroatoms. The van der Waals surface area contributed by atoms with Crippen molar-refractivity contribution < 1.29 is 4.79 Å². The second-order valence-electron chi connectivity index (χ2n) is 10.1. The normalized spacial score (nSPS) is 14.3. The predicted molar refractivity (Wildman–Crippen MR) is 153 cm³/mol. The molecule has 6 heterocycles. The van der Waals surface area contributed by atoms with E-state index in [4.69, 9.17) is 4.98 Å². The van der Waals surface area contributed by atoms with Gasteiger partial charge >= 0.3 is 0 Å².